The number of carbonyl (C=O) groups is 2. The zero-order chi connectivity index (χ0) is 22.9. The molecule has 2 aliphatic rings. The lowest BCUT2D eigenvalue weighted by Crippen LogP contribution is -2.37. The number of rotatable bonds is 4. The summed E-state index contributed by atoms with van der Waals surface area (Å²) in [6.07, 6.45) is 5.74. The molecule has 1 aromatic carbocycles. The molecule has 8 heteroatoms. The predicted octanol–water partition coefficient (Wildman–Crippen LogP) is 3.78. The van der Waals surface area contributed by atoms with Gasteiger partial charge < -0.3 is 4.90 Å². The zero-order valence-corrected chi connectivity index (χ0v) is 18.4. The van der Waals surface area contributed by atoms with Crippen LogP contribution in [-0.2, 0) is 17.8 Å². The maximum Gasteiger partial charge on any atom is 0.256 e. The van der Waals surface area contributed by atoms with Crippen LogP contribution in [0.25, 0.3) is 0 Å². The maximum atomic E-state index is 13.7. The van der Waals surface area contributed by atoms with Gasteiger partial charge in [0, 0.05) is 36.6 Å². The number of fused-ring (bicyclic) bond motifs is 1. The summed E-state index contributed by atoms with van der Waals surface area (Å²) in [6.45, 7) is 2.77. The minimum absolute atomic E-state index is 0.0504. The molecular formula is C25H24FN5O2. The van der Waals surface area contributed by atoms with Crippen molar-refractivity contribution in [3.8, 4) is 0 Å². The van der Waals surface area contributed by atoms with Crippen LogP contribution in [0.4, 0.5) is 10.2 Å². The Hall–Kier alpha value is -3.68. The summed E-state index contributed by atoms with van der Waals surface area (Å²) in [7, 11) is 0. The van der Waals surface area contributed by atoms with E-state index < -0.39 is 0 Å². The van der Waals surface area contributed by atoms with Crippen molar-refractivity contribution in [1.82, 2.24) is 19.9 Å². The number of pyridine rings is 1. The van der Waals surface area contributed by atoms with E-state index in [1.807, 2.05) is 6.92 Å². The van der Waals surface area contributed by atoms with Gasteiger partial charge in [-0.25, -0.2) is 14.4 Å². The Kier molecular flexibility index (Phi) is 5.58. The summed E-state index contributed by atoms with van der Waals surface area (Å²) in [5, 5.41) is 0. The topological polar surface area (TPSA) is 79.3 Å². The number of amides is 2. The highest BCUT2D eigenvalue weighted by molar-refractivity contribution is 5.95. The van der Waals surface area contributed by atoms with E-state index in [0.717, 1.165) is 24.1 Å². The standard InChI is InChI=1S/C25H24FN5O2/c1-16-20-9-10-22(32)31(15-17-5-2-7-19(26)13-17)24(20)29-23(28-16)21-8-4-12-30(21)25(33)18-6-3-11-27-14-18/h2-3,5-7,11,13-14,21H,4,8-10,12,15H2,1H3/t21-/m1/s1. The van der Waals surface area contributed by atoms with Crippen LogP contribution in [0.5, 0.6) is 0 Å². The van der Waals surface area contributed by atoms with Crippen molar-refractivity contribution in [2.24, 2.45) is 0 Å². The van der Waals surface area contributed by atoms with Gasteiger partial charge in [0.25, 0.3) is 5.91 Å². The Morgan fingerprint density at radius 1 is 1.18 bits per heavy atom. The molecule has 2 aromatic heterocycles. The summed E-state index contributed by atoms with van der Waals surface area (Å²) < 4.78 is 13.7. The van der Waals surface area contributed by atoms with Crippen molar-refractivity contribution in [1.29, 1.82) is 0 Å². The Bertz CT molecular complexity index is 1220. The van der Waals surface area contributed by atoms with E-state index in [1.54, 1.807) is 46.5 Å². The van der Waals surface area contributed by atoms with Crippen molar-refractivity contribution in [3.05, 3.63) is 82.8 Å². The number of aromatic nitrogens is 3. The Morgan fingerprint density at radius 3 is 2.85 bits per heavy atom. The van der Waals surface area contributed by atoms with Crippen LogP contribution in [0, 0.1) is 12.7 Å². The van der Waals surface area contributed by atoms with E-state index in [2.05, 4.69) is 4.98 Å². The van der Waals surface area contributed by atoms with Crippen LogP contribution >= 0.6 is 0 Å². The lowest BCUT2D eigenvalue weighted by molar-refractivity contribution is -0.119. The minimum atomic E-state index is -0.341. The number of hydrogen-bond donors (Lipinski definition) is 0. The third kappa shape index (κ3) is 4.08. The van der Waals surface area contributed by atoms with E-state index in [-0.39, 0.29) is 30.2 Å². The predicted molar refractivity (Wildman–Crippen MR) is 120 cm³/mol. The van der Waals surface area contributed by atoms with E-state index >= 15 is 0 Å². The van der Waals surface area contributed by atoms with Gasteiger partial charge in [-0.2, -0.15) is 0 Å². The first-order valence-electron chi connectivity index (χ1n) is 11.1. The van der Waals surface area contributed by atoms with Crippen molar-refractivity contribution >= 4 is 17.6 Å². The van der Waals surface area contributed by atoms with Gasteiger partial charge in [-0.05, 0) is 56.0 Å². The highest BCUT2D eigenvalue weighted by Crippen LogP contribution is 2.35. The fourth-order valence-corrected chi connectivity index (χ4v) is 4.67. The first kappa shape index (κ1) is 21.2. The van der Waals surface area contributed by atoms with Crippen LogP contribution in [0.15, 0.2) is 48.8 Å². The first-order valence-corrected chi connectivity index (χ1v) is 11.1. The third-order valence-corrected chi connectivity index (χ3v) is 6.30. The molecule has 33 heavy (non-hydrogen) atoms. The molecule has 2 aliphatic heterocycles. The lowest BCUT2D eigenvalue weighted by atomic mass is 10.0. The van der Waals surface area contributed by atoms with Crippen LogP contribution < -0.4 is 4.90 Å². The molecule has 1 saturated heterocycles. The Balaban J connectivity index is 1.50. The van der Waals surface area contributed by atoms with Crippen LogP contribution in [-0.4, -0.2) is 38.2 Å². The second-order valence-corrected chi connectivity index (χ2v) is 8.48. The van der Waals surface area contributed by atoms with Crippen molar-refractivity contribution in [2.75, 3.05) is 11.4 Å². The van der Waals surface area contributed by atoms with Crippen molar-refractivity contribution in [3.63, 3.8) is 0 Å². The minimum Gasteiger partial charge on any atom is -0.328 e. The molecule has 1 fully saturated rings. The summed E-state index contributed by atoms with van der Waals surface area (Å²) in [6, 6.07) is 9.48. The molecule has 2 amide bonds. The van der Waals surface area contributed by atoms with Crippen molar-refractivity contribution in [2.45, 2.75) is 45.2 Å². The number of likely N-dealkylation sites (tertiary alicyclic amines) is 1. The number of anilines is 1. The molecule has 168 valence electrons. The molecule has 0 unspecified atom stereocenters. The fourth-order valence-electron chi connectivity index (χ4n) is 4.67. The van der Waals surface area contributed by atoms with Gasteiger partial charge in [-0.3, -0.25) is 19.5 Å². The monoisotopic (exact) mass is 445 g/mol. The lowest BCUT2D eigenvalue weighted by Gasteiger charge is -2.31. The van der Waals surface area contributed by atoms with Gasteiger partial charge >= 0.3 is 0 Å². The first-order chi connectivity index (χ1) is 16.0. The molecule has 4 heterocycles. The summed E-state index contributed by atoms with van der Waals surface area (Å²) in [5.74, 6) is 0.619. The fraction of sp³-hybridized carbons (Fsp3) is 0.320. The number of benzene rings is 1. The number of nitrogens with zero attached hydrogens (tertiary/aromatic N) is 5. The largest absolute Gasteiger partial charge is 0.328 e. The van der Waals surface area contributed by atoms with Gasteiger partial charge in [0.1, 0.15) is 11.6 Å². The van der Waals surface area contributed by atoms with Crippen LogP contribution in [0.1, 0.15) is 58.3 Å². The molecule has 1 atom stereocenters. The van der Waals surface area contributed by atoms with Gasteiger partial charge in [0.15, 0.2) is 5.82 Å². The number of hydrogen-bond acceptors (Lipinski definition) is 5. The van der Waals surface area contributed by atoms with Gasteiger partial charge in [-0.1, -0.05) is 12.1 Å². The molecule has 0 saturated carbocycles. The van der Waals surface area contributed by atoms with Gasteiger partial charge in [0.2, 0.25) is 5.91 Å². The molecule has 0 radical (unpaired) electrons. The smallest absolute Gasteiger partial charge is 0.256 e. The molecule has 0 N–H and O–H groups in total. The number of carbonyl (C=O) groups excluding carboxylic acids is 2. The molecule has 3 aromatic rings. The highest BCUT2D eigenvalue weighted by atomic mass is 19.1. The van der Waals surface area contributed by atoms with E-state index in [9.17, 15) is 14.0 Å². The molecule has 0 aliphatic carbocycles. The highest BCUT2D eigenvalue weighted by Gasteiger charge is 2.35. The second-order valence-electron chi connectivity index (χ2n) is 8.48. The Morgan fingerprint density at radius 2 is 2.06 bits per heavy atom. The van der Waals surface area contributed by atoms with Crippen molar-refractivity contribution < 1.29 is 14.0 Å². The summed E-state index contributed by atoms with van der Waals surface area (Å²) in [4.78, 5) is 43.0. The number of halogens is 1. The van der Waals surface area contributed by atoms with Gasteiger partial charge in [0.05, 0.1) is 18.2 Å². The van der Waals surface area contributed by atoms with Crippen LogP contribution in [0.3, 0.4) is 0 Å². The zero-order valence-electron chi connectivity index (χ0n) is 18.4. The molecular weight excluding hydrogens is 421 g/mol. The second kappa shape index (κ2) is 8.69. The van der Waals surface area contributed by atoms with E-state index in [4.69, 9.17) is 9.97 Å². The molecule has 5 rings (SSSR count). The number of aryl methyl sites for hydroxylation is 1. The molecule has 0 bridgehead atoms. The average Bonchev–Trinajstić information content (AvgIpc) is 3.31. The van der Waals surface area contributed by atoms with E-state index in [0.29, 0.717) is 42.2 Å². The van der Waals surface area contributed by atoms with E-state index in [1.165, 1.54) is 12.1 Å². The van der Waals surface area contributed by atoms with Gasteiger partial charge in [-0.15, -0.1) is 0 Å². The SMILES string of the molecule is Cc1nc([C@H]2CCCN2C(=O)c2cccnc2)nc2c1CCC(=O)N2Cc1cccc(F)c1. The maximum absolute atomic E-state index is 13.7. The average molecular weight is 445 g/mol. The summed E-state index contributed by atoms with van der Waals surface area (Å²) >= 11 is 0. The third-order valence-electron chi connectivity index (χ3n) is 6.30. The quantitative estimate of drug-likeness (QED) is 0.611. The summed E-state index contributed by atoms with van der Waals surface area (Å²) in [5.41, 5.74) is 2.97. The molecule has 7 nitrogen and oxygen atoms in total. The normalized spacial score (nSPS) is 17.9. The van der Waals surface area contributed by atoms with Crippen LogP contribution in [0.2, 0.25) is 0 Å². The Labute approximate surface area is 191 Å². The molecule has 0 spiro atoms.